The third-order valence-electron chi connectivity index (χ3n) is 9.49. The smallest absolute Gasteiger partial charge is 0.318 e. The predicted octanol–water partition coefficient (Wildman–Crippen LogP) is 2.76. The number of urea groups is 1. The quantitative estimate of drug-likeness (QED) is 0.229. The van der Waals surface area contributed by atoms with Crippen LogP contribution in [-0.2, 0) is 16.1 Å². The molecule has 0 spiro atoms. The number of amides is 3. The molecular weight excluding hydrogens is 619 g/mol. The van der Waals surface area contributed by atoms with Gasteiger partial charge in [0.15, 0.2) is 11.2 Å². The van der Waals surface area contributed by atoms with Crippen molar-refractivity contribution in [2.75, 3.05) is 57.4 Å². The van der Waals surface area contributed by atoms with Crippen LogP contribution in [0.5, 0.6) is 11.6 Å². The molecule has 250 valence electrons. The van der Waals surface area contributed by atoms with Crippen molar-refractivity contribution in [3.63, 3.8) is 0 Å². The fourth-order valence-electron chi connectivity index (χ4n) is 6.80. The van der Waals surface area contributed by atoms with Crippen molar-refractivity contribution in [2.45, 2.75) is 32.2 Å². The molecule has 13 nitrogen and oxygen atoms in total. The molecule has 14 heteroatoms. The number of aromatic hydroxyl groups is 1. The average molecular weight is 657 g/mol. The number of primary amides is 1. The van der Waals surface area contributed by atoms with Gasteiger partial charge in [-0.15, -0.1) is 6.42 Å². The highest BCUT2D eigenvalue weighted by atomic mass is 19.1. The molecule has 3 fully saturated rings. The Balaban J connectivity index is 1.25. The third kappa shape index (κ3) is 6.43. The Kier molecular flexibility index (Phi) is 8.49. The zero-order valence-corrected chi connectivity index (χ0v) is 26.5. The van der Waals surface area contributed by atoms with E-state index in [1.165, 1.54) is 6.07 Å². The van der Waals surface area contributed by atoms with Crippen LogP contribution >= 0.6 is 0 Å². The molecule has 2 aliphatic heterocycles. The molecule has 1 aliphatic carbocycles. The van der Waals surface area contributed by atoms with Gasteiger partial charge in [-0.1, -0.05) is 12.0 Å². The predicted molar refractivity (Wildman–Crippen MR) is 175 cm³/mol. The Morgan fingerprint density at radius 2 is 2.02 bits per heavy atom. The standard InChI is InChI=1S/C34H37FN8O5/c1-2-25-26(35)6-5-21-14-24(44)15-23(27(21)25)17-43-20-37-28-29(43)38-33(42-9-3-4-22(16-42)30(45)39-32(36)46)40-31(28)48-19-34(7-8-34)18-41-10-12-47-13-11-41/h1,5-6,14-15,20,22,44H,3-4,7-13,16-19H2,(H3,36,39,45,46)/t22-/m0/s1. The normalized spacial score (nSPS) is 19.2. The minimum absolute atomic E-state index is 0.0105. The molecule has 48 heavy (non-hydrogen) atoms. The second kappa shape index (κ2) is 12.9. The number of fused-ring (bicyclic) bond motifs is 2. The molecule has 4 aromatic rings. The van der Waals surface area contributed by atoms with Crippen LogP contribution in [0.15, 0.2) is 30.6 Å². The second-order valence-electron chi connectivity index (χ2n) is 13.0. The number of hydrogen-bond donors (Lipinski definition) is 3. The van der Waals surface area contributed by atoms with E-state index in [4.69, 9.17) is 31.6 Å². The molecule has 0 radical (unpaired) electrons. The number of phenols is 1. The first kappa shape index (κ1) is 31.6. The molecule has 4 heterocycles. The summed E-state index contributed by atoms with van der Waals surface area (Å²) in [5, 5.41) is 13.9. The van der Waals surface area contributed by atoms with Crippen LogP contribution in [0, 0.1) is 29.5 Å². The number of carbonyl (C=O) groups is 2. The molecule has 3 aliphatic rings. The van der Waals surface area contributed by atoms with Gasteiger partial charge in [0.1, 0.15) is 11.6 Å². The van der Waals surface area contributed by atoms with Crippen LogP contribution in [0.2, 0.25) is 0 Å². The summed E-state index contributed by atoms with van der Waals surface area (Å²) in [5.74, 6) is 1.69. The van der Waals surface area contributed by atoms with E-state index in [0.29, 0.717) is 65.3 Å². The lowest BCUT2D eigenvalue weighted by Gasteiger charge is -2.32. The Bertz CT molecular complexity index is 1930. The Morgan fingerprint density at radius 3 is 2.77 bits per heavy atom. The van der Waals surface area contributed by atoms with Gasteiger partial charge in [0.05, 0.1) is 44.2 Å². The van der Waals surface area contributed by atoms with E-state index < -0.39 is 23.7 Å². The minimum atomic E-state index is -0.896. The van der Waals surface area contributed by atoms with E-state index in [1.807, 2.05) is 4.90 Å². The van der Waals surface area contributed by atoms with Gasteiger partial charge < -0.3 is 29.8 Å². The lowest BCUT2D eigenvalue weighted by molar-refractivity contribution is -0.124. The number of phenolic OH excluding ortho intramolecular Hbond substituents is 1. The topological polar surface area (TPSA) is 161 Å². The number of hydrogen-bond acceptors (Lipinski definition) is 10. The van der Waals surface area contributed by atoms with Crippen molar-refractivity contribution in [1.82, 2.24) is 29.7 Å². The number of benzene rings is 2. The molecule has 0 unspecified atom stereocenters. The number of nitrogens with two attached hydrogens (primary N) is 1. The number of rotatable bonds is 9. The maximum absolute atomic E-state index is 14.8. The summed E-state index contributed by atoms with van der Waals surface area (Å²) in [5.41, 5.74) is 6.83. The zero-order chi connectivity index (χ0) is 33.4. The number of piperidine rings is 1. The van der Waals surface area contributed by atoms with E-state index in [-0.39, 0.29) is 29.8 Å². The third-order valence-corrected chi connectivity index (χ3v) is 9.49. The Morgan fingerprint density at radius 1 is 1.21 bits per heavy atom. The van der Waals surface area contributed by atoms with Crippen LogP contribution < -0.4 is 20.7 Å². The van der Waals surface area contributed by atoms with Crippen LogP contribution in [0.3, 0.4) is 0 Å². The van der Waals surface area contributed by atoms with Crippen LogP contribution in [-0.4, -0.2) is 94.0 Å². The van der Waals surface area contributed by atoms with Crippen molar-refractivity contribution in [3.05, 3.63) is 47.5 Å². The highest BCUT2D eigenvalue weighted by Crippen LogP contribution is 2.47. The molecule has 0 bridgehead atoms. The van der Waals surface area contributed by atoms with E-state index in [9.17, 15) is 19.1 Å². The molecule has 2 aromatic carbocycles. The number of terminal acetylenes is 1. The number of ether oxygens (including phenoxy) is 2. The van der Waals surface area contributed by atoms with Gasteiger partial charge in [-0.05, 0) is 54.8 Å². The molecular formula is C34H37FN8O5. The zero-order valence-electron chi connectivity index (χ0n) is 26.5. The highest BCUT2D eigenvalue weighted by Gasteiger charge is 2.45. The van der Waals surface area contributed by atoms with E-state index in [1.54, 1.807) is 29.1 Å². The van der Waals surface area contributed by atoms with Crippen LogP contribution in [0.4, 0.5) is 15.1 Å². The number of imidazole rings is 1. The monoisotopic (exact) mass is 656 g/mol. The van der Waals surface area contributed by atoms with Crippen molar-refractivity contribution < 1.29 is 28.6 Å². The first-order valence-corrected chi connectivity index (χ1v) is 16.1. The van der Waals surface area contributed by atoms with E-state index in [0.717, 1.165) is 45.7 Å². The first-order valence-electron chi connectivity index (χ1n) is 16.1. The highest BCUT2D eigenvalue weighted by molar-refractivity contribution is 5.95. The van der Waals surface area contributed by atoms with Gasteiger partial charge >= 0.3 is 6.03 Å². The number of nitrogens with one attached hydrogen (secondary N) is 1. The number of aromatic nitrogens is 4. The van der Waals surface area contributed by atoms with Crippen molar-refractivity contribution in [3.8, 4) is 24.0 Å². The number of morpholine rings is 1. The summed E-state index contributed by atoms with van der Waals surface area (Å²) in [4.78, 5) is 42.7. The molecule has 7 rings (SSSR count). The van der Waals surface area contributed by atoms with Crippen molar-refractivity contribution in [1.29, 1.82) is 0 Å². The fourth-order valence-corrected chi connectivity index (χ4v) is 6.80. The lowest BCUT2D eigenvalue weighted by atomic mass is 9.97. The first-order chi connectivity index (χ1) is 23.2. The molecule has 2 saturated heterocycles. The molecule has 3 amide bonds. The van der Waals surface area contributed by atoms with Gasteiger partial charge in [0, 0.05) is 43.5 Å². The Hall–Kier alpha value is -5.00. The van der Waals surface area contributed by atoms with E-state index >= 15 is 0 Å². The number of imide groups is 1. The largest absolute Gasteiger partial charge is 0.508 e. The summed E-state index contributed by atoms with van der Waals surface area (Å²) in [6, 6.07) is 5.08. The number of anilines is 1. The Labute approximate surface area is 276 Å². The molecule has 1 saturated carbocycles. The van der Waals surface area contributed by atoms with Crippen molar-refractivity contribution >= 4 is 39.8 Å². The number of halogens is 1. The lowest BCUT2D eigenvalue weighted by Crippen LogP contribution is -2.46. The van der Waals surface area contributed by atoms with Gasteiger partial charge in [-0.3, -0.25) is 15.0 Å². The maximum atomic E-state index is 14.8. The molecule has 4 N–H and O–H groups in total. The fraction of sp³-hybridized carbons (Fsp3) is 0.441. The number of carbonyl (C=O) groups excluding carboxylic acids is 2. The molecule has 2 aromatic heterocycles. The minimum Gasteiger partial charge on any atom is -0.508 e. The summed E-state index contributed by atoms with van der Waals surface area (Å²) in [6.45, 7) is 5.63. The van der Waals surface area contributed by atoms with Gasteiger partial charge in [0.25, 0.3) is 0 Å². The summed E-state index contributed by atoms with van der Waals surface area (Å²) in [6.07, 6.45) is 10.7. The van der Waals surface area contributed by atoms with E-state index in [2.05, 4.69) is 21.1 Å². The SMILES string of the molecule is C#Cc1c(F)ccc2cc(O)cc(Cn3cnc4c(OCC5(CN6CCOCC6)CC5)nc(N5CCC[C@H](C(=O)NC(N)=O)C5)nc43)c12. The summed E-state index contributed by atoms with van der Waals surface area (Å²) in [7, 11) is 0. The maximum Gasteiger partial charge on any atom is 0.318 e. The van der Waals surface area contributed by atoms with Gasteiger partial charge in [-0.25, -0.2) is 14.2 Å². The second-order valence-corrected chi connectivity index (χ2v) is 13.0. The van der Waals surface area contributed by atoms with Gasteiger partial charge in [-0.2, -0.15) is 9.97 Å². The summed E-state index contributed by atoms with van der Waals surface area (Å²) < 4.78 is 28.6. The average Bonchev–Trinajstić information content (AvgIpc) is 3.73. The van der Waals surface area contributed by atoms with Crippen molar-refractivity contribution in [2.24, 2.45) is 17.1 Å². The number of nitrogens with zero attached hydrogens (tertiary/aromatic N) is 6. The molecule has 1 atom stereocenters. The van der Waals surface area contributed by atoms with Crippen LogP contribution in [0.1, 0.15) is 36.8 Å². The van der Waals surface area contributed by atoms with Crippen LogP contribution in [0.25, 0.3) is 21.9 Å². The summed E-state index contributed by atoms with van der Waals surface area (Å²) >= 11 is 0. The van der Waals surface area contributed by atoms with Gasteiger partial charge in [0.2, 0.25) is 17.7 Å².